The molecule has 3 heteroatoms. The lowest BCUT2D eigenvalue weighted by atomic mass is 9.91. The average Bonchev–Trinajstić information content (AvgIpc) is 3.41. The molecule has 2 aliphatic heterocycles. The van der Waals surface area contributed by atoms with Crippen molar-refractivity contribution >= 4 is 5.71 Å². The van der Waals surface area contributed by atoms with Gasteiger partial charge >= 0.3 is 0 Å². The fraction of sp³-hybridized carbons (Fsp3) is 0.107. The van der Waals surface area contributed by atoms with Crippen LogP contribution in [0.4, 0.5) is 0 Å². The molecule has 0 saturated heterocycles. The first kappa shape index (κ1) is 16.9. The van der Waals surface area contributed by atoms with Gasteiger partial charge in [-0.2, -0.15) is 5.10 Å². The fourth-order valence-corrected chi connectivity index (χ4v) is 5.43. The third-order valence-corrected chi connectivity index (χ3v) is 6.75. The van der Waals surface area contributed by atoms with Gasteiger partial charge in [-0.1, -0.05) is 97.1 Å². The number of hydrogen-bond acceptors (Lipinski definition) is 3. The van der Waals surface area contributed by atoms with Crippen molar-refractivity contribution in [1.29, 1.82) is 0 Å². The van der Waals surface area contributed by atoms with Crippen LogP contribution in [-0.4, -0.2) is 10.7 Å². The second kappa shape index (κ2) is 6.08. The van der Waals surface area contributed by atoms with Gasteiger partial charge in [0, 0.05) is 23.1 Å². The Kier molecular flexibility index (Phi) is 3.31. The highest BCUT2D eigenvalue weighted by Gasteiger charge is 2.57. The number of nitrogens with zero attached hydrogens (tertiary/aromatic N) is 2. The quantitative estimate of drug-likeness (QED) is 0.385. The van der Waals surface area contributed by atoms with E-state index in [1.807, 2.05) is 0 Å². The molecule has 31 heavy (non-hydrogen) atoms. The Balaban J connectivity index is 1.53. The molecular formula is C28H20N2O. The lowest BCUT2D eigenvalue weighted by Crippen LogP contribution is -2.50. The second-order valence-electron chi connectivity index (χ2n) is 8.35. The number of ether oxygens (including phenoxy) is 1. The minimum absolute atomic E-state index is 0.124. The van der Waals surface area contributed by atoms with Gasteiger partial charge in [0.1, 0.15) is 5.75 Å². The van der Waals surface area contributed by atoms with E-state index in [4.69, 9.17) is 9.84 Å². The van der Waals surface area contributed by atoms with Crippen LogP contribution in [0.2, 0.25) is 0 Å². The van der Waals surface area contributed by atoms with Crippen molar-refractivity contribution < 1.29 is 4.74 Å². The van der Waals surface area contributed by atoms with Crippen molar-refractivity contribution in [3.05, 3.63) is 125 Å². The predicted octanol–water partition coefficient (Wildman–Crippen LogP) is 6.11. The number of hydrazone groups is 1. The largest absolute Gasteiger partial charge is 0.457 e. The Morgan fingerprint density at radius 3 is 2.06 bits per heavy atom. The van der Waals surface area contributed by atoms with Gasteiger partial charge in [-0.05, 0) is 22.8 Å². The van der Waals surface area contributed by atoms with Crippen LogP contribution in [0.3, 0.4) is 0 Å². The molecule has 1 atom stereocenters. The number of fused-ring (bicyclic) bond motifs is 9. The molecule has 0 radical (unpaired) electrons. The van der Waals surface area contributed by atoms with E-state index < -0.39 is 5.72 Å². The molecule has 1 aliphatic carbocycles. The molecule has 0 aromatic heterocycles. The summed E-state index contributed by atoms with van der Waals surface area (Å²) in [5.74, 6) is 0.944. The Hall–Kier alpha value is -3.85. The summed E-state index contributed by atoms with van der Waals surface area (Å²) in [5.41, 5.74) is 7.48. The number of hydrogen-bond donors (Lipinski definition) is 0. The lowest BCUT2D eigenvalue weighted by Gasteiger charge is -2.46. The van der Waals surface area contributed by atoms with E-state index >= 15 is 0 Å². The summed E-state index contributed by atoms with van der Waals surface area (Å²) in [7, 11) is 0. The smallest absolute Gasteiger partial charge is 0.251 e. The third-order valence-electron chi connectivity index (χ3n) is 6.75. The molecular weight excluding hydrogens is 380 g/mol. The zero-order valence-electron chi connectivity index (χ0n) is 16.9. The molecule has 4 aromatic carbocycles. The first-order valence-corrected chi connectivity index (χ1v) is 10.8. The lowest BCUT2D eigenvalue weighted by molar-refractivity contribution is -0.0909. The van der Waals surface area contributed by atoms with Gasteiger partial charge in [-0.25, -0.2) is 5.01 Å². The first-order chi connectivity index (χ1) is 15.4. The maximum Gasteiger partial charge on any atom is 0.251 e. The molecule has 148 valence electrons. The summed E-state index contributed by atoms with van der Waals surface area (Å²) < 4.78 is 6.95. The van der Waals surface area contributed by atoms with Crippen LogP contribution in [0.25, 0.3) is 11.1 Å². The Morgan fingerprint density at radius 2 is 1.32 bits per heavy atom. The SMILES string of the molecule is c1ccc(C2=NN3C(C2)c2ccccc2OC32c3ccccc3-c3ccccc32)cc1. The molecule has 0 fully saturated rings. The molecule has 7 rings (SSSR count). The van der Waals surface area contributed by atoms with Crippen LogP contribution < -0.4 is 4.74 Å². The molecule has 0 bridgehead atoms. The molecule has 1 unspecified atom stereocenters. The molecule has 0 N–H and O–H groups in total. The van der Waals surface area contributed by atoms with Gasteiger partial charge < -0.3 is 4.74 Å². The summed E-state index contributed by atoms with van der Waals surface area (Å²) in [6.45, 7) is 0. The zero-order chi connectivity index (χ0) is 20.4. The summed E-state index contributed by atoms with van der Waals surface area (Å²) in [4.78, 5) is 0. The number of rotatable bonds is 1. The topological polar surface area (TPSA) is 24.8 Å². The van der Waals surface area contributed by atoms with Crippen LogP contribution in [0.1, 0.15) is 34.7 Å². The maximum atomic E-state index is 6.95. The van der Waals surface area contributed by atoms with E-state index in [0.717, 1.165) is 29.0 Å². The normalized spacial score (nSPS) is 19.2. The van der Waals surface area contributed by atoms with Crippen LogP contribution in [-0.2, 0) is 5.72 Å². The van der Waals surface area contributed by atoms with Crippen LogP contribution in [0.5, 0.6) is 5.75 Å². The number of para-hydroxylation sites is 1. The van der Waals surface area contributed by atoms with Crippen LogP contribution in [0, 0.1) is 0 Å². The zero-order valence-corrected chi connectivity index (χ0v) is 16.9. The van der Waals surface area contributed by atoms with E-state index in [-0.39, 0.29) is 6.04 Å². The van der Waals surface area contributed by atoms with Crippen molar-refractivity contribution in [2.75, 3.05) is 0 Å². The van der Waals surface area contributed by atoms with Gasteiger partial charge in [0.05, 0.1) is 11.8 Å². The average molecular weight is 400 g/mol. The van der Waals surface area contributed by atoms with Crippen molar-refractivity contribution in [3.63, 3.8) is 0 Å². The standard InChI is InChI=1S/C28H20N2O/c1-2-10-19(11-3-1)25-18-26-22-14-6-9-17-27(22)31-28(30(26)29-25)23-15-7-4-12-20(23)21-13-5-8-16-24(21)28/h1-17,26H,18H2. The summed E-state index contributed by atoms with van der Waals surface area (Å²) >= 11 is 0. The van der Waals surface area contributed by atoms with E-state index in [0.29, 0.717) is 0 Å². The van der Waals surface area contributed by atoms with Crippen molar-refractivity contribution in [2.24, 2.45) is 5.10 Å². The minimum Gasteiger partial charge on any atom is -0.457 e. The molecule has 4 aromatic rings. The molecule has 0 amide bonds. The van der Waals surface area contributed by atoms with Crippen molar-refractivity contribution in [1.82, 2.24) is 5.01 Å². The summed E-state index contributed by atoms with van der Waals surface area (Å²) in [6.07, 6.45) is 0.858. The highest BCUT2D eigenvalue weighted by Crippen LogP contribution is 2.59. The minimum atomic E-state index is -0.761. The summed E-state index contributed by atoms with van der Waals surface area (Å²) in [6, 6.07) is 36.2. The predicted molar refractivity (Wildman–Crippen MR) is 122 cm³/mol. The van der Waals surface area contributed by atoms with Crippen LogP contribution in [0.15, 0.2) is 108 Å². The highest BCUT2D eigenvalue weighted by molar-refractivity contribution is 6.02. The van der Waals surface area contributed by atoms with Gasteiger partial charge in [0.15, 0.2) is 0 Å². The number of benzene rings is 4. The molecule has 2 heterocycles. The Morgan fingerprint density at radius 1 is 0.710 bits per heavy atom. The van der Waals surface area contributed by atoms with Crippen LogP contribution >= 0.6 is 0 Å². The van der Waals surface area contributed by atoms with Gasteiger partial charge in [-0.15, -0.1) is 0 Å². The van der Waals surface area contributed by atoms with Gasteiger partial charge in [0.2, 0.25) is 0 Å². The van der Waals surface area contributed by atoms with Crippen molar-refractivity contribution in [2.45, 2.75) is 18.2 Å². The molecule has 3 nitrogen and oxygen atoms in total. The molecule has 0 saturated carbocycles. The fourth-order valence-electron chi connectivity index (χ4n) is 5.43. The van der Waals surface area contributed by atoms with E-state index in [1.165, 1.54) is 22.3 Å². The first-order valence-electron chi connectivity index (χ1n) is 10.8. The van der Waals surface area contributed by atoms with E-state index in [1.54, 1.807) is 0 Å². The Bertz CT molecular complexity index is 1310. The maximum absolute atomic E-state index is 6.95. The highest BCUT2D eigenvalue weighted by atomic mass is 16.5. The van der Waals surface area contributed by atoms with Crippen molar-refractivity contribution in [3.8, 4) is 16.9 Å². The molecule has 3 aliphatic rings. The molecule has 1 spiro atoms. The van der Waals surface area contributed by atoms with E-state index in [2.05, 4.69) is 108 Å². The Labute approximate surface area is 181 Å². The van der Waals surface area contributed by atoms with E-state index in [9.17, 15) is 0 Å². The van der Waals surface area contributed by atoms with Gasteiger partial charge in [0.25, 0.3) is 5.72 Å². The second-order valence-corrected chi connectivity index (χ2v) is 8.35. The summed E-state index contributed by atoms with van der Waals surface area (Å²) in [5, 5.41) is 7.46. The monoisotopic (exact) mass is 400 g/mol. The third kappa shape index (κ3) is 2.15. The van der Waals surface area contributed by atoms with Gasteiger partial charge in [-0.3, -0.25) is 0 Å².